The van der Waals surface area contributed by atoms with E-state index in [1.165, 1.54) is 7.11 Å². The third kappa shape index (κ3) is 3.88. The second-order valence-electron chi connectivity index (χ2n) is 8.44. The Morgan fingerprint density at radius 3 is 2.68 bits per heavy atom. The minimum atomic E-state index is -0.501. The van der Waals surface area contributed by atoms with Gasteiger partial charge in [0.25, 0.3) is 0 Å². The highest BCUT2D eigenvalue weighted by Crippen LogP contribution is 2.39. The summed E-state index contributed by atoms with van der Waals surface area (Å²) < 4.78 is 30.6. The van der Waals surface area contributed by atoms with Crippen molar-refractivity contribution in [2.24, 2.45) is 7.05 Å². The molecule has 1 saturated heterocycles. The number of ether oxygens (including phenoxy) is 2. The maximum absolute atomic E-state index is 15.5. The number of hydrogen-bond acceptors (Lipinski definition) is 6. The molecule has 34 heavy (non-hydrogen) atoms. The molecule has 1 atom stereocenters. The number of aromatic nitrogens is 5. The Morgan fingerprint density at radius 1 is 1.18 bits per heavy atom. The number of hydrogen-bond donors (Lipinski definition) is 1. The van der Waals surface area contributed by atoms with Crippen LogP contribution in [0.1, 0.15) is 37.0 Å². The molecule has 0 amide bonds. The van der Waals surface area contributed by atoms with Crippen molar-refractivity contribution >= 4 is 34.1 Å². The highest BCUT2D eigenvalue weighted by atomic mass is 35.5. The van der Waals surface area contributed by atoms with Crippen LogP contribution in [0.2, 0.25) is 5.15 Å². The smallest absolute Gasteiger partial charge is 0.178 e. The molecule has 5 rings (SSSR count). The molecule has 0 saturated carbocycles. The predicted octanol–water partition coefficient (Wildman–Crippen LogP) is 5.69. The fourth-order valence-electron chi connectivity index (χ4n) is 4.40. The molecular weight excluding hydrogens is 459 g/mol. The fraction of sp³-hybridized carbons (Fsp3) is 0.375. The summed E-state index contributed by atoms with van der Waals surface area (Å²) in [6, 6.07) is 6.95. The summed E-state index contributed by atoms with van der Waals surface area (Å²) in [6.07, 6.45) is 2.87. The summed E-state index contributed by atoms with van der Waals surface area (Å²) in [4.78, 5) is 9.26. The van der Waals surface area contributed by atoms with E-state index in [1.54, 1.807) is 22.9 Å². The molecule has 1 aliphatic rings. The van der Waals surface area contributed by atoms with Crippen LogP contribution in [0.3, 0.4) is 0 Å². The van der Waals surface area contributed by atoms with Crippen LogP contribution in [0.4, 0.5) is 15.8 Å². The van der Waals surface area contributed by atoms with Gasteiger partial charge in [-0.3, -0.25) is 9.25 Å². The lowest BCUT2D eigenvalue weighted by Crippen LogP contribution is -2.19. The van der Waals surface area contributed by atoms with Gasteiger partial charge >= 0.3 is 0 Å². The molecule has 4 heterocycles. The quantitative estimate of drug-likeness (QED) is 0.366. The highest BCUT2D eigenvalue weighted by molar-refractivity contribution is 6.30. The van der Waals surface area contributed by atoms with E-state index < -0.39 is 5.82 Å². The number of methoxy groups -OCH3 is 1. The van der Waals surface area contributed by atoms with E-state index in [-0.39, 0.29) is 12.0 Å². The van der Waals surface area contributed by atoms with E-state index in [9.17, 15) is 0 Å². The normalized spacial score (nSPS) is 16.2. The molecule has 1 fully saturated rings. The van der Waals surface area contributed by atoms with E-state index in [2.05, 4.69) is 15.4 Å². The first-order chi connectivity index (χ1) is 16.4. The molecule has 0 bridgehead atoms. The molecule has 10 heteroatoms. The molecule has 0 aliphatic carbocycles. The summed E-state index contributed by atoms with van der Waals surface area (Å²) in [5, 5.41) is 7.94. The number of benzene rings is 1. The predicted molar refractivity (Wildman–Crippen MR) is 129 cm³/mol. The van der Waals surface area contributed by atoms with Crippen molar-refractivity contribution in [3.05, 3.63) is 46.8 Å². The van der Waals surface area contributed by atoms with Crippen LogP contribution in [0.15, 0.2) is 24.3 Å². The van der Waals surface area contributed by atoms with Crippen LogP contribution in [0.25, 0.3) is 22.4 Å². The van der Waals surface area contributed by atoms with E-state index in [0.29, 0.717) is 45.6 Å². The molecule has 0 radical (unpaired) electrons. The largest absolute Gasteiger partial charge is 0.492 e. The Morgan fingerprint density at radius 2 is 2.00 bits per heavy atom. The minimum absolute atomic E-state index is 0.0775. The number of rotatable bonds is 5. The molecule has 1 aromatic carbocycles. The van der Waals surface area contributed by atoms with Gasteiger partial charge in [-0.05, 0) is 51.3 Å². The molecule has 3 aromatic heterocycles. The van der Waals surface area contributed by atoms with Gasteiger partial charge in [0.2, 0.25) is 0 Å². The van der Waals surface area contributed by atoms with Gasteiger partial charge in [-0.15, -0.1) is 0 Å². The molecular formula is C24H26ClFN6O2. The number of halogens is 2. The molecule has 0 spiro atoms. The van der Waals surface area contributed by atoms with E-state index >= 15 is 4.39 Å². The van der Waals surface area contributed by atoms with Crippen LogP contribution in [0.5, 0.6) is 5.75 Å². The number of nitrogens with zero attached hydrogens (tertiary/aromatic N) is 5. The average Bonchev–Trinajstić information content (AvgIpc) is 3.32. The summed E-state index contributed by atoms with van der Waals surface area (Å²) in [5.41, 5.74) is 4.13. The Hall–Kier alpha value is -3.17. The Bertz CT molecular complexity index is 1360. The van der Waals surface area contributed by atoms with Crippen molar-refractivity contribution in [3.63, 3.8) is 0 Å². The zero-order chi connectivity index (χ0) is 24.0. The van der Waals surface area contributed by atoms with Gasteiger partial charge in [0.1, 0.15) is 22.7 Å². The zero-order valence-corrected chi connectivity index (χ0v) is 20.3. The van der Waals surface area contributed by atoms with Crippen LogP contribution < -0.4 is 10.1 Å². The zero-order valence-electron chi connectivity index (χ0n) is 19.5. The van der Waals surface area contributed by atoms with E-state index in [4.69, 9.17) is 26.1 Å². The second-order valence-corrected chi connectivity index (χ2v) is 8.83. The highest BCUT2D eigenvalue weighted by Gasteiger charge is 2.24. The van der Waals surface area contributed by atoms with Gasteiger partial charge in [-0.1, -0.05) is 11.6 Å². The molecule has 1 unspecified atom stereocenters. The van der Waals surface area contributed by atoms with Gasteiger partial charge in [0.05, 0.1) is 24.2 Å². The third-order valence-electron chi connectivity index (χ3n) is 6.20. The van der Waals surface area contributed by atoms with Gasteiger partial charge in [0.15, 0.2) is 17.2 Å². The minimum Gasteiger partial charge on any atom is -0.492 e. The standard InChI is InChI=1S/C24H26ClFN6O2/c1-13-11-17(30-31(13)3)15-8-9-16(23(33-4)21(15)26)28-18-12-19(25)29-24-22(18)27-14(2)32(24)20-7-5-6-10-34-20/h8-9,11-12,20H,5-7,10H2,1-4H3,(H,28,29). The summed E-state index contributed by atoms with van der Waals surface area (Å²) in [7, 11) is 3.26. The topological polar surface area (TPSA) is 79.0 Å². The Labute approximate surface area is 201 Å². The lowest BCUT2D eigenvalue weighted by atomic mass is 10.1. The van der Waals surface area contributed by atoms with Crippen molar-refractivity contribution in [1.29, 1.82) is 0 Å². The lowest BCUT2D eigenvalue weighted by Gasteiger charge is -2.25. The second kappa shape index (κ2) is 8.88. The average molecular weight is 485 g/mol. The number of nitrogens with one attached hydrogen (secondary N) is 1. The molecule has 1 aliphatic heterocycles. The maximum Gasteiger partial charge on any atom is 0.178 e. The van der Waals surface area contributed by atoms with Crippen molar-refractivity contribution < 1.29 is 13.9 Å². The van der Waals surface area contributed by atoms with Crippen molar-refractivity contribution in [2.45, 2.75) is 39.3 Å². The van der Waals surface area contributed by atoms with Crippen molar-refractivity contribution in [3.8, 4) is 17.0 Å². The first-order valence-corrected chi connectivity index (χ1v) is 11.6. The van der Waals surface area contributed by atoms with Crippen LogP contribution in [-0.2, 0) is 11.8 Å². The molecule has 8 nitrogen and oxygen atoms in total. The number of aryl methyl sites for hydroxylation is 3. The third-order valence-corrected chi connectivity index (χ3v) is 6.39. The number of imidazole rings is 1. The van der Waals surface area contributed by atoms with Gasteiger partial charge in [-0.25, -0.2) is 14.4 Å². The SMILES string of the molecule is COc1c(Nc2cc(Cl)nc3c2nc(C)n3C2CCCCO2)ccc(-c2cc(C)n(C)n2)c1F. The lowest BCUT2D eigenvalue weighted by molar-refractivity contribution is -0.0309. The van der Waals surface area contributed by atoms with Crippen LogP contribution in [0, 0.1) is 19.7 Å². The number of pyridine rings is 1. The van der Waals surface area contributed by atoms with Gasteiger partial charge < -0.3 is 14.8 Å². The van der Waals surface area contributed by atoms with Crippen molar-refractivity contribution in [2.75, 3.05) is 19.0 Å². The van der Waals surface area contributed by atoms with E-state index in [0.717, 1.165) is 30.8 Å². The van der Waals surface area contributed by atoms with Gasteiger partial charge in [0, 0.05) is 31.0 Å². The first kappa shape index (κ1) is 22.6. The monoisotopic (exact) mass is 484 g/mol. The number of fused-ring (bicyclic) bond motifs is 1. The Balaban J connectivity index is 1.57. The maximum atomic E-state index is 15.5. The first-order valence-electron chi connectivity index (χ1n) is 11.2. The fourth-order valence-corrected chi connectivity index (χ4v) is 4.59. The number of anilines is 2. The summed E-state index contributed by atoms with van der Waals surface area (Å²) in [5.74, 6) is 0.353. The van der Waals surface area contributed by atoms with Crippen LogP contribution >= 0.6 is 11.6 Å². The summed E-state index contributed by atoms with van der Waals surface area (Å²) in [6.45, 7) is 4.54. The van der Waals surface area contributed by atoms with Crippen LogP contribution in [-0.4, -0.2) is 38.0 Å². The summed E-state index contributed by atoms with van der Waals surface area (Å²) >= 11 is 6.39. The van der Waals surface area contributed by atoms with Gasteiger partial charge in [-0.2, -0.15) is 5.10 Å². The molecule has 4 aromatic rings. The molecule has 1 N–H and O–H groups in total. The molecule has 178 valence electrons. The Kier molecular flexibility index (Phi) is 5.91. The van der Waals surface area contributed by atoms with Crippen molar-refractivity contribution in [1.82, 2.24) is 24.3 Å². The van der Waals surface area contributed by atoms with E-state index in [1.807, 2.05) is 31.5 Å².